The maximum absolute atomic E-state index is 13.3. The molecule has 4 nitrogen and oxygen atoms in total. The molecule has 0 saturated heterocycles. The number of hydrogen-bond acceptors (Lipinski definition) is 2. The molecule has 1 amide bonds. The maximum Gasteiger partial charge on any atom is 0.268 e. The van der Waals surface area contributed by atoms with Gasteiger partial charge in [0.05, 0.1) is 6.54 Å². The molecular formula is C16H13FN2O2. The maximum atomic E-state index is 13.3. The number of nitrogens with zero attached hydrogens (tertiary/aromatic N) is 1. The average Bonchev–Trinajstić information content (AvgIpc) is 3.28. The van der Waals surface area contributed by atoms with Gasteiger partial charge >= 0.3 is 0 Å². The zero-order valence-corrected chi connectivity index (χ0v) is 11.2. The van der Waals surface area contributed by atoms with Gasteiger partial charge in [0.25, 0.3) is 11.5 Å². The van der Waals surface area contributed by atoms with Crippen molar-refractivity contribution in [1.82, 2.24) is 9.88 Å². The molecule has 21 heavy (non-hydrogen) atoms. The first kappa shape index (κ1) is 13.4. The van der Waals surface area contributed by atoms with E-state index in [1.165, 1.54) is 22.8 Å². The Morgan fingerprint density at radius 3 is 2.86 bits per heavy atom. The molecule has 0 radical (unpaired) electrons. The number of halogens is 1. The van der Waals surface area contributed by atoms with E-state index in [-0.39, 0.29) is 23.8 Å². The summed E-state index contributed by atoms with van der Waals surface area (Å²) in [6.45, 7) is 0.0822. The number of carbonyl (C=O) groups excluding carboxylic acids is 1. The van der Waals surface area contributed by atoms with Gasteiger partial charge in [0, 0.05) is 11.4 Å². The van der Waals surface area contributed by atoms with Crippen molar-refractivity contribution in [2.75, 3.05) is 6.54 Å². The number of fused-ring (bicyclic) bond motifs is 1. The molecule has 1 aliphatic carbocycles. The van der Waals surface area contributed by atoms with Crippen molar-refractivity contribution in [3.8, 4) is 12.3 Å². The Labute approximate surface area is 120 Å². The highest BCUT2D eigenvalue weighted by Gasteiger charge is 2.29. The molecule has 2 aromatic rings. The number of amides is 1. The second-order valence-corrected chi connectivity index (χ2v) is 5.05. The Morgan fingerprint density at radius 1 is 1.43 bits per heavy atom. The number of aromatic nitrogens is 1. The molecule has 1 aliphatic rings. The molecule has 0 bridgehead atoms. The Bertz CT molecular complexity index is 829. The highest BCUT2D eigenvalue weighted by atomic mass is 19.1. The summed E-state index contributed by atoms with van der Waals surface area (Å²) in [7, 11) is 0. The summed E-state index contributed by atoms with van der Waals surface area (Å²) in [5, 5.41) is 3.38. The van der Waals surface area contributed by atoms with Crippen LogP contribution in [0, 0.1) is 18.2 Å². The fraction of sp³-hybridized carbons (Fsp3) is 0.250. The van der Waals surface area contributed by atoms with Crippen LogP contribution < -0.4 is 10.9 Å². The zero-order chi connectivity index (χ0) is 15.0. The lowest BCUT2D eigenvalue weighted by atomic mass is 10.1. The van der Waals surface area contributed by atoms with E-state index in [0.717, 1.165) is 12.8 Å². The van der Waals surface area contributed by atoms with Crippen molar-refractivity contribution in [3.05, 3.63) is 46.1 Å². The third-order valence-corrected chi connectivity index (χ3v) is 3.51. The Kier molecular flexibility index (Phi) is 3.22. The van der Waals surface area contributed by atoms with Crippen LogP contribution in [0.25, 0.3) is 10.8 Å². The van der Waals surface area contributed by atoms with Crippen LogP contribution in [0.1, 0.15) is 29.4 Å². The first-order chi connectivity index (χ1) is 10.1. The molecule has 1 heterocycles. The van der Waals surface area contributed by atoms with Gasteiger partial charge < -0.3 is 9.88 Å². The van der Waals surface area contributed by atoms with Crippen molar-refractivity contribution in [2.45, 2.75) is 18.9 Å². The van der Waals surface area contributed by atoms with Crippen LogP contribution in [0.2, 0.25) is 0 Å². The number of carbonyl (C=O) groups is 1. The second-order valence-electron chi connectivity index (χ2n) is 5.05. The number of hydrogen-bond donors (Lipinski definition) is 1. The van der Waals surface area contributed by atoms with Gasteiger partial charge in [0.15, 0.2) is 0 Å². The summed E-state index contributed by atoms with van der Waals surface area (Å²) in [5.41, 5.74) is -0.0308. The quantitative estimate of drug-likeness (QED) is 0.874. The predicted octanol–water partition coefficient (Wildman–Crippen LogP) is 1.84. The highest BCUT2D eigenvalue weighted by molar-refractivity contribution is 5.97. The van der Waals surface area contributed by atoms with Crippen molar-refractivity contribution in [1.29, 1.82) is 0 Å². The molecule has 3 rings (SSSR count). The topological polar surface area (TPSA) is 51.1 Å². The second kappa shape index (κ2) is 5.06. The zero-order valence-electron chi connectivity index (χ0n) is 11.2. The lowest BCUT2D eigenvalue weighted by molar-refractivity contribution is 0.0948. The Morgan fingerprint density at radius 2 is 2.19 bits per heavy atom. The predicted molar refractivity (Wildman–Crippen MR) is 77.6 cm³/mol. The van der Waals surface area contributed by atoms with Gasteiger partial charge in [0.1, 0.15) is 11.5 Å². The minimum Gasteiger partial charge on any atom is -0.340 e. The van der Waals surface area contributed by atoms with E-state index in [1.807, 2.05) is 0 Å². The van der Waals surface area contributed by atoms with E-state index < -0.39 is 11.7 Å². The first-order valence-electron chi connectivity index (χ1n) is 6.68. The molecule has 1 saturated carbocycles. The average molecular weight is 284 g/mol. The fourth-order valence-corrected chi connectivity index (χ4v) is 2.40. The summed E-state index contributed by atoms with van der Waals surface area (Å²) in [6.07, 6.45) is 6.85. The van der Waals surface area contributed by atoms with E-state index >= 15 is 0 Å². The number of nitrogens with one attached hydrogen (secondary N) is 1. The van der Waals surface area contributed by atoms with Crippen molar-refractivity contribution < 1.29 is 9.18 Å². The number of pyridine rings is 1. The number of benzene rings is 1. The van der Waals surface area contributed by atoms with Crippen LogP contribution >= 0.6 is 0 Å². The van der Waals surface area contributed by atoms with Gasteiger partial charge in [-0.05, 0) is 42.5 Å². The molecule has 1 fully saturated rings. The molecule has 5 heteroatoms. The van der Waals surface area contributed by atoms with Crippen LogP contribution in [0.5, 0.6) is 0 Å². The molecule has 1 aromatic heterocycles. The lowest BCUT2D eigenvalue weighted by Crippen LogP contribution is -2.32. The van der Waals surface area contributed by atoms with Crippen LogP contribution in [-0.2, 0) is 0 Å². The minimum absolute atomic E-state index is 0.0403. The smallest absolute Gasteiger partial charge is 0.268 e. The third kappa shape index (κ3) is 2.40. The van der Waals surface area contributed by atoms with E-state index in [2.05, 4.69) is 11.2 Å². The lowest BCUT2D eigenvalue weighted by Gasteiger charge is -2.13. The van der Waals surface area contributed by atoms with Crippen LogP contribution in [0.3, 0.4) is 0 Å². The summed E-state index contributed by atoms with van der Waals surface area (Å²) >= 11 is 0. The van der Waals surface area contributed by atoms with Gasteiger partial charge in [-0.2, -0.15) is 0 Å². The van der Waals surface area contributed by atoms with Gasteiger partial charge in [-0.25, -0.2) is 4.39 Å². The number of terminal acetylenes is 1. The van der Waals surface area contributed by atoms with Crippen molar-refractivity contribution >= 4 is 16.7 Å². The van der Waals surface area contributed by atoms with Gasteiger partial charge in [-0.3, -0.25) is 9.59 Å². The summed E-state index contributed by atoms with van der Waals surface area (Å²) in [4.78, 5) is 24.7. The molecule has 0 aliphatic heterocycles. The third-order valence-electron chi connectivity index (χ3n) is 3.51. The van der Waals surface area contributed by atoms with Gasteiger partial charge in [0.2, 0.25) is 0 Å². The van der Waals surface area contributed by atoms with Crippen molar-refractivity contribution in [2.24, 2.45) is 0 Å². The van der Waals surface area contributed by atoms with Crippen molar-refractivity contribution in [3.63, 3.8) is 0 Å². The molecule has 106 valence electrons. The highest BCUT2D eigenvalue weighted by Crippen LogP contribution is 2.35. The molecule has 1 aromatic carbocycles. The van der Waals surface area contributed by atoms with E-state index in [4.69, 9.17) is 6.42 Å². The summed E-state index contributed by atoms with van der Waals surface area (Å²) < 4.78 is 14.8. The van der Waals surface area contributed by atoms with Crippen LogP contribution in [0.4, 0.5) is 4.39 Å². The fourth-order valence-electron chi connectivity index (χ4n) is 2.40. The van der Waals surface area contributed by atoms with E-state index in [1.54, 1.807) is 6.07 Å². The molecule has 0 unspecified atom stereocenters. The standard InChI is InChI=1S/C16H13FN2O2/c1-2-7-18-15(20)14-9-10-8-11(17)3-6-13(10)16(21)19(14)12-4-5-12/h1,3,6,8-9,12H,4-5,7H2,(H,18,20). The summed E-state index contributed by atoms with van der Waals surface area (Å²) in [6, 6.07) is 5.54. The van der Waals surface area contributed by atoms with E-state index in [0.29, 0.717) is 10.8 Å². The van der Waals surface area contributed by atoms with Gasteiger partial charge in [-0.15, -0.1) is 6.42 Å². The monoisotopic (exact) mass is 284 g/mol. The molecular weight excluding hydrogens is 271 g/mol. The van der Waals surface area contributed by atoms with Crippen LogP contribution in [-0.4, -0.2) is 17.0 Å². The molecule has 0 atom stereocenters. The summed E-state index contributed by atoms with van der Waals surface area (Å²) in [5.74, 6) is 1.46. The SMILES string of the molecule is C#CCNC(=O)c1cc2cc(F)ccc2c(=O)n1C1CC1. The largest absolute Gasteiger partial charge is 0.340 e. The molecule has 0 spiro atoms. The molecule has 1 N–H and O–H groups in total. The van der Waals surface area contributed by atoms with E-state index in [9.17, 15) is 14.0 Å². The Balaban J connectivity index is 2.21. The Hall–Kier alpha value is -2.61. The van der Waals surface area contributed by atoms with Gasteiger partial charge in [-0.1, -0.05) is 5.92 Å². The van der Waals surface area contributed by atoms with Crippen LogP contribution in [0.15, 0.2) is 29.1 Å². The normalized spacial score (nSPS) is 13.9. The minimum atomic E-state index is -0.443. The first-order valence-corrected chi connectivity index (χ1v) is 6.68. The number of rotatable bonds is 3.